The highest BCUT2D eigenvalue weighted by Crippen LogP contribution is 2.25. The van der Waals surface area contributed by atoms with Gasteiger partial charge in [-0.25, -0.2) is 4.99 Å². The normalized spacial score (nSPS) is 15.3. The van der Waals surface area contributed by atoms with Crippen molar-refractivity contribution in [3.63, 3.8) is 0 Å². The van der Waals surface area contributed by atoms with Crippen LogP contribution in [-0.4, -0.2) is 49.3 Å². The molecule has 7 heteroatoms. The Morgan fingerprint density at radius 2 is 1.87 bits per heavy atom. The molecule has 30 heavy (non-hydrogen) atoms. The summed E-state index contributed by atoms with van der Waals surface area (Å²) < 4.78 is 5.25. The number of hydrogen-bond acceptors (Lipinski definition) is 4. The number of benzene rings is 2. The van der Waals surface area contributed by atoms with Crippen LogP contribution < -0.4 is 15.4 Å². The Balaban J connectivity index is 0.00000320. The van der Waals surface area contributed by atoms with E-state index >= 15 is 0 Å². The second kappa shape index (κ2) is 12.6. The van der Waals surface area contributed by atoms with Gasteiger partial charge < -0.3 is 20.5 Å². The van der Waals surface area contributed by atoms with Crippen LogP contribution in [0.2, 0.25) is 0 Å². The van der Waals surface area contributed by atoms with E-state index in [0.717, 1.165) is 37.7 Å². The van der Waals surface area contributed by atoms with Crippen molar-refractivity contribution in [1.29, 1.82) is 0 Å². The van der Waals surface area contributed by atoms with Gasteiger partial charge in [0.2, 0.25) is 0 Å². The van der Waals surface area contributed by atoms with Gasteiger partial charge in [0.05, 0.1) is 19.7 Å². The molecule has 6 nitrogen and oxygen atoms in total. The minimum atomic E-state index is 0. The summed E-state index contributed by atoms with van der Waals surface area (Å²) in [5.41, 5.74) is 2.06. The van der Waals surface area contributed by atoms with Crippen molar-refractivity contribution in [2.45, 2.75) is 32.4 Å². The number of likely N-dealkylation sites (tertiary alicyclic amines) is 1. The molecule has 0 radical (unpaired) electrons. The number of hydrogen-bond donors (Lipinski definition) is 3. The van der Waals surface area contributed by atoms with E-state index < -0.39 is 0 Å². The number of methoxy groups -OCH3 is 1. The highest BCUT2D eigenvalue weighted by Gasteiger charge is 2.23. The smallest absolute Gasteiger partial charge is 0.191 e. The maximum atomic E-state index is 10.1. The number of aliphatic imine (C=N–C) groups is 1. The quantitative estimate of drug-likeness (QED) is 0.278. The molecule has 0 aromatic heterocycles. The number of phenolic OH excluding ortho intramolecular Hbond substituents is 1. The largest absolute Gasteiger partial charge is 0.508 e. The first-order valence-electron chi connectivity index (χ1n) is 10.4. The lowest BCUT2D eigenvalue weighted by molar-refractivity contribution is 0.245. The van der Waals surface area contributed by atoms with E-state index in [0.29, 0.717) is 18.3 Å². The van der Waals surface area contributed by atoms with E-state index in [1.807, 2.05) is 6.07 Å². The summed E-state index contributed by atoms with van der Waals surface area (Å²) in [6.45, 7) is 6.24. The fraction of sp³-hybridized carbons (Fsp3) is 0.435. The fourth-order valence-corrected chi connectivity index (χ4v) is 3.70. The predicted octanol–water partition coefficient (Wildman–Crippen LogP) is 3.91. The molecular formula is C23H33IN4O2. The molecular weight excluding hydrogens is 491 g/mol. The summed E-state index contributed by atoms with van der Waals surface area (Å²) in [6, 6.07) is 16.2. The summed E-state index contributed by atoms with van der Waals surface area (Å²) in [4.78, 5) is 7.21. The van der Waals surface area contributed by atoms with E-state index in [1.165, 1.54) is 18.4 Å². The van der Waals surface area contributed by atoms with Crippen LogP contribution in [0.15, 0.2) is 53.5 Å². The van der Waals surface area contributed by atoms with Crippen LogP contribution in [0, 0.1) is 0 Å². The van der Waals surface area contributed by atoms with Gasteiger partial charge in [-0.15, -0.1) is 24.0 Å². The zero-order valence-corrected chi connectivity index (χ0v) is 20.1. The van der Waals surface area contributed by atoms with E-state index in [-0.39, 0.29) is 29.7 Å². The SMILES string of the molecule is CCNC(=NCc1cc(OC)ccc1O)NCC(c1ccccc1)N1CCCC1.I. The third kappa shape index (κ3) is 6.77. The van der Waals surface area contributed by atoms with E-state index in [9.17, 15) is 5.11 Å². The van der Waals surface area contributed by atoms with Gasteiger partial charge in [0.25, 0.3) is 0 Å². The van der Waals surface area contributed by atoms with Gasteiger partial charge in [0.15, 0.2) is 5.96 Å². The number of nitrogens with one attached hydrogen (secondary N) is 2. The Kier molecular flexibility index (Phi) is 10.2. The van der Waals surface area contributed by atoms with Gasteiger partial charge in [0, 0.05) is 18.7 Å². The third-order valence-corrected chi connectivity index (χ3v) is 5.27. The Morgan fingerprint density at radius 1 is 1.13 bits per heavy atom. The van der Waals surface area contributed by atoms with Crippen molar-refractivity contribution in [3.8, 4) is 11.5 Å². The zero-order chi connectivity index (χ0) is 20.5. The number of guanidine groups is 1. The summed E-state index contributed by atoms with van der Waals surface area (Å²) in [5, 5.41) is 16.9. The number of phenols is 1. The minimum absolute atomic E-state index is 0. The minimum Gasteiger partial charge on any atom is -0.508 e. The first-order chi connectivity index (χ1) is 14.2. The maximum absolute atomic E-state index is 10.1. The third-order valence-electron chi connectivity index (χ3n) is 5.27. The molecule has 1 aliphatic heterocycles. The molecule has 1 unspecified atom stereocenters. The predicted molar refractivity (Wildman–Crippen MR) is 133 cm³/mol. The monoisotopic (exact) mass is 524 g/mol. The molecule has 0 amide bonds. The standard InChI is InChI=1S/C23H32N4O2.HI/c1-3-24-23(25-16-19-15-20(29-2)11-12-22(19)28)26-17-21(27-13-7-8-14-27)18-9-5-4-6-10-18;/h4-6,9-12,15,21,28H,3,7-8,13-14,16-17H2,1-2H3,(H2,24,25,26);1H. The summed E-state index contributed by atoms with van der Waals surface area (Å²) in [7, 11) is 1.62. The molecule has 0 bridgehead atoms. The number of aromatic hydroxyl groups is 1. The van der Waals surface area contributed by atoms with Crippen LogP contribution in [0.25, 0.3) is 0 Å². The van der Waals surface area contributed by atoms with Crippen molar-refractivity contribution in [1.82, 2.24) is 15.5 Å². The summed E-state index contributed by atoms with van der Waals surface area (Å²) in [5.74, 6) is 1.68. The zero-order valence-electron chi connectivity index (χ0n) is 17.8. The lowest BCUT2D eigenvalue weighted by atomic mass is 10.1. The van der Waals surface area contributed by atoms with Crippen molar-refractivity contribution < 1.29 is 9.84 Å². The van der Waals surface area contributed by atoms with Gasteiger partial charge in [-0.05, 0) is 56.6 Å². The molecule has 3 rings (SSSR count). The van der Waals surface area contributed by atoms with Crippen LogP contribution in [-0.2, 0) is 6.54 Å². The lowest BCUT2D eigenvalue weighted by Crippen LogP contribution is -2.42. The Hall–Kier alpha value is -2.00. The van der Waals surface area contributed by atoms with Crippen molar-refractivity contribution in [2.75, 3.05) is 33.3 Å². The van der Waals surface area contributed by atoms with Gasteiger partial charge in [-0.3, -0.25) is 4.90 Å². The van der Waals surface area contributed by atoms with Crippen molar-refractivity contribution in [2.24, 2.45) is 4.99 Å². The first kappa shape index (κ1) is 24.3. The topological polar surface area (TPSA) is 69.1 Å². The Bertz CT molecular complexity index is 795. The molecule has 1 fully saturated rings. The molecule has 2 aromatic carbocycles. The number of ether oxygens (including phenoxy) is 1. The Morgan fingerprint density at radius 3 is 2.53 bits per heavy atom. The van der Waals surface area contributed by atoms with Crippen LogP contribution in [0.5, 0.6) is 11.5 Å². The second-order valence-corrected chi connectivity index (χ2v) is 7.24. The average Bonchev–Trinajstić information content (AvgIpc) is 3.28. The van der Waals surface area contributed by atoms with E-state index in [4.69, 9.17) is 4.74 Å². The molecule has 3 N–H and O–H groups in total. The molecule has 0 spiro atoms. The number of halogens is 1. The summed E-state index contributed by atoms with van der Waals surface area (Å²) >= 11 is 0. The van der Waals surface area contributed by atoms with Crippen LogP contribution in [0.3, 0.4) is 0 Å². The molecule has 2 aromatic rings. The van der Waals surface area contributed by atoms with Crippen molar-refractivity contribution >= 4 is 29.9 Å². The molecule has 1 atom stereocenters. The van der Waals surface area contributed by atoms with E-state index in [2.05, 4.69) is 57.8 Å². The highest BCUT2D eigenvalue weighted by molar-refractivity contribution is 14.0. The van der Waals surface area contributed by atoms with E-state index in [1.54, 1.807) is 19.2 Å². The molecule has 0 aliphatic carbocycles. The molecule has 0 saturated carbocycles. The van der Waals surface area contributed by atoms with Gasteiger partial charge in [-0.1, -0.05) is 30.3 Å². The van der Waals surface area contributed by atoms with Crippen LogP contribution in [0.1, 0.15) is 36.9 Å². The lowest BCUT2D eigenvalue weighted by Gasteiger charge is -2.29. The number of rotatable bonds is 8. The maximum Gasteiger partial charge on any atom is 0.191 e. The second-order valence-electron chi connectivity index (χ2n) is 7.24. The van der Waals surface area contributed by atoms with Gasteiger partial charge >= 0.3 is 0 Å². The highest BCUT2D eigenvalue weighted by atomic mass is 127. The van der Waals surface area contributed by atoms with Gasteiger partial charge in [0.1, 0.15) is 11.5 Å². The molecule has 1 heterocycles. The average molecular weight is 524 g/mol. The van der Waals surface area contributed by atoms with Gasteiger partial charge in [-0.2, -0.15) is 0 Å². The molecule has 1 saturated heterocycles. The number of nitrogens with zero attached hydrogens (tertiary/aromatic N) is 2. The first-order valence-corrected chi connectivity index (χ1v) is 10.4. The molecule has 164 valence electrons. The van der Waals surface area contributed by atoms with Crippen LogP contribution in [0.4, 0.5) is 0 Å². The summed E-state index contributed by atoms with van der Waals surface area (Å²) in [6.07, 6.45) is 2.51. The Labute approximate surface area is 196 Å². The molecule has 1 aliphatic rings. The van der Waals surface area contributed by atoms with Crippen molar-refractivity contribution in [3.05, 3.63) is 59.7 Å². The van der Waals surface area contributed by atoms with Crippen LogP contribution >= 0.6 is 24.0 Å². The fourth-order valence-electron chi connectivity index (χ4n) is 3.70.